The summed E-state index contributed by atoms with van der Waals surface area (Å²) >= 11 is 0. The molecular formula is C14H20N2O3S. The number of anilines is 1. The van der Waals surface area contributed by atoms with Crippen LogP contribution in [0.2, 0.25) is 0 Å². The smallest absolute Gasteiger partial charge is 0.225 e. The molecule has 1 fully saturated rings. The quantitative estimate of drug-likeness (QED) is 0.864. The number of hydrogen-bond acceptors (Lipinski definition) is 4. The molecule has 0 bridgehead atoms. The topological polar surface area (TPSA) is 75.3 Å². The Morgan fingerprint density at radius 1 is 1.40 bits per heavy atom. The van der Waals surface area contributed by atoms with E-state index in [4.69, 9.17) is 0 Å². The van der Waals surface area contributed by atoms with Gasteiger partial charge >= 0.3 is 0 Å². The lowest BCUT2D eigenvalue weighted by atomic mass is 10.1. The second-order valence-corrected chi connectivity index (χ2v) is 7.19. The maximum Gasteiger partial charge on any atom is 0.225 e. The highest BCUT2D eigenvalue weighted by Crippen LogP contribution is 2.22. The summed E-state index contributed by atoms with van der Waals surface area (Å²) < 4.78 is 24.0. The van der Waals surface area contributed by atoms with Crippen molar-refractivity contribution in [3.05, 3.63) is 24.3 Å². The normalized spacial score (nSPS) is 18.9. The minimum Gasteiger partial charge on any atom is -0.325 e. The third kappa shape index (κ3) is 3.58. The molecule has 1 amide bonds. The molecule has 1 heterocycles. The highest BCUT2D eigenvalue weighted by Gasteiger charge is 2.20. The van der Waals surface area contributed by atoms with E-state index in [1.165, 1.54) is 6.07 Å². The Balaban J connectivity index is 2.11. The third-order valence-corrected chi connectivity index (χ3v) is 5.26. The summed E-state index contributed by atoms with van der Waals surface area (Å²) in [6.07, 6.45) is 2.45. The minimum atomic E-state index is -3.33. The lowest BCUT2D eigenvalue weighted by molar-refractivity contribution is -0.116. The Hall–Kier alpha value is -1.40. The fourth-order valence-electron chi connectivity index (χ4n) is 2.35. The van der Waals surface area contributed by atoms with Crippen molar-refractivity contribution < 1.29 is 13.2 Å². The van der Waals surface area contributed by atoms with Gasteiger partial charge in [-0.25, -0.2) is 8.42 Å². The number of sulfone groups is 1. The van der Waals surface area contributed by atoms with E-state index in [1.807, 2.05) is 0 Å². The third-order valence-electron chi connectivity index (χ3n) is 3.47. The zero-order chi connectivity index (χ0) is 14.6. The summed E-state index contributed by atoms with van der Waals surface area (Å²) in [7, 11) is -3.33. The molecule has 6 heteroatoms. The van der Waals surface area contributed by atoms with Gasteiger partial charge in [0, 0.05) is 12.5 Å². The first-order chi connectivity index (χ1) is 9.53. The molecule has 0 aliphatic carbocycles. The summed E-state index contributed by atoms with van der Waals surface area (Å²) in [6, 6.07) is 6.74. The second kappa shape index (κ2) is 6.37. The van der Waals surface area contributed by atoms with Gasteiger partial charge in [-0.05, 0) is 31.5 Å². The molecule has 20 heavy (non-hydrogen) atoms. The maximum absolute atomic E-state index is 12.0. The molecule has 5 nitrogen and oxygen atoms in total. The van der Waals surface area contributed by atoms with E-state index in [-0.39, 0.29) is 22.6 Å². The molecule has 1 aromatic rings. The van der Waals surface area contributed by atoms with E-state index in [1.54, 1.807) is 25.1 Å². The van der Waals surface area contributed by atoms with Gasteiger partial charge in [-0.15, -0.1) is 0 Å². The van der Waals surface area contributed by atoms with Crippen LogP contribution in [0.3, 0.4) is 0 Å². The van der Waals surface area contributed by atoms with Crippen LogP contribution in [-0.2, 0) is 14.6 Å². The molecule has 1 saturated heterocycles. The van der Waals surface area contributed by atoms with E-state index in [9.17, 15) is 13.2 Å². The van der Waals surface area contributed by atoms with E-state index >= 15 is 0 Å². The van der Waals surface area contributed by atoms with Gasteiger partial charge in [0.1, 0.15) is 0 Å². The predicted octanol–water partition coefficient (Wildman–Crippen LogP) is 1.56. The van der Waals surface area contributed by atoms with E-state index in [0.717, 1.165) is 19.4 Å². The Morgan fingerprint density at radius 2 is 2.15 bits per heavy atom. The number of amides is 1. The molecule has 1 aliphatic rings. The van der Waals surface area contributed by atoms with Crippen molar-refractivity contribution >= 4 is 21.4 Å². The second-order valence-electron chi connectivity index (χ2n) is 4.95. The highest BCUT2D eigenvalue weighted by molar-refractivity contribution is 7.91. The summed E-state index contributed by atoms with van der Waals surface area (Å²) in [5.74, 6) is -0.132. The van der Waals surface area contributed by atoms with E-state index in [2.05, 4.69) is 10.6 Å². The molecule has 0 saturated carbocycles. The van der Waals surface area contributed by atoms with Gasteiger partial charge in [0.25, 0.3) is 0 Å². The zero-order valence-electron chi connectivity index (χ0n) is 11.6. The SMILES string of the molecule is CCS(=O)(=O)c1ccccc1NC(=O)CC1CCCN1. The molecule has 0 aromatic heterocycles. The van der Waals surface area contributed by atoms with E-state index in [0.29, 0.717) is 12.1 Å². The first kappa shape index (κ1) is 15.0. The fourth-order valence-corrected chi connectivity index (χ4v) is 3.40. The van der Waals surface area contributed by atoms with Crippen molar-refractivity contribution in [3.8, 4) is 0 Å². The van der Waals surface area contributed by atoms with Crippen molar-refractivity contribution in [1.82, 2.24) is 5.32 Å². The summed E-state index contributed by atoms with van der Waals surface area (Å²) in [5, 5.41) is 5.97. The molecule has 2 rings (SSSR count). The Morgan fingerprint density at radius 3 is 2.80 bits per heavy atom. The van der Waals surface area contributed by atoms with Gasteiger partial charge in [-0.2, -0.15) is 0 Å². The number of hydrogen-bond donors (Lipinski definition) is 2. The first-order valence-corrected chi connectivity index (χ1v) is 8.53. The number of nitrogens with one attached hydrogen (secondary N) is 2. The van der Waals surface area contributed by atoms with Gasteiger partial charge in [0.2, 0.25) is 5.91 Å². The summed E-state index contributed by atoms with van der Waals surface area (Å²) in [6.45, 7) is 2.54. The number of rotatable bonds is 5. The van der Waals surface area contributed by atoms with Crippen molar-refractivity contribution in [2.75, 3.05) is 17.6 Å². The molecule has 0 spiro atoms. The summed E-state index contributed by atoms with van der Waals surface area (Å²) in [5.41, 5.74) is 0.373. The van der Waals surface area contributed by atoms with Crippen LogP contribution in [0.5, 0.6) is 0 Å². The monoisotopic (exact) mass is 296 g/mol. The maximum atomic E-state index is 12.0. The van der Waals surface area contributed by atoms with Crippen LogP contribution in [0.1, 0.15) is 26.2 Å². The van der Waals surface area contributed by atoms with E-state index < -0.39 is 9.84 Å². The lowest BCUT2D eigenvalue weighted by Crippen LogP contribution is -2.27. The van der Waals surface area contributed by atoms with Crippen LogP contribution in [0.15, 0.2) is 29.2 Å². The largest absolute Gasteiger partial charge is 0.325 e. The number of carbonyl (C=O) groups is 1. The average molecular weight is 296 g/mol. The average Bonchev–Trinajstić information content (AvgIpc) is 2.92. The number of benzene rings is 1. The lowest BCUT2D eigenvalue weighted by Gasteiger charge is -2.13. The molecule has 110 valence electrons. The van der Waals surface area contributed by atoms with Crippen molar-refractivity contribution in [2.45, 2.75) is 37.1 Å². The number of para-hydroxylation sites is 1. The number of carbonyl (C=O) groups excluding carboxylic acids is 1. The van der Waals surface area contributed by atoms with Gasteiger partial charge in [0.15, 0.2) is 9.84 Å². The molecule has 0 radical (unpaired) electrons. The Labute approximate surface area is 119 Å². The standard InChI is InChI=1S/C14H20N2O3S/c1-2-20(18,19)13-8-4-3-7-12(13)16-14(17)10-11-6-5-9-15-11/h3-4,7-8,11,15H,2,5-6,9-10H2,1H3,(H,16,17). The van der Waals surface area contributed by atoms with Crippen LogP contribution >= 0.6 is 0 Å². The van der Waals surface area contributed by atoms with Crippen LogP contribution in [0.4, 0.5) is 5.69 Å². The van der Waals surface area contributed by atoms with Crippen LogP contribution < -0.4 is 10.6 Å². The van der Waals surface area contributed by atoms with Gasteiger partial charge < -0.3 is 10.6 Å². The first-order valence-electron chi connectivity index (χ1n) is 6.88. The Kier molecular flexibility index (Phi) is 4.77. The summed E-state index contributed by atoms with van der Waals surface area (Å²) in [4.78, 5) is 12.2. The molecular weight excluding hydrogens is 276 g/mol. The van der Waals surface area contributed by atoms with Crippen LogP contribution in [-0.4, -0.2) is 32.7 Å². The van der Waals surface area contributed by atoms with Gasteiger partial charge in [0.05, 0.1) is 16.3 Å². The van der Waals surface area contributed by atoms with Crippen LogP contribution in [0.25, 0.3) is 0 Å². The van der Waals surface area contributed by atoms with Crippen molar-refractivity contribution in [3.63, 3.8) is 0 Å². The molecule has 2 N–H and O–H groups in total. The molecule has 1 atom stereocenters. The van der Waals surface area contributed by atoms with Crippen molar-refractivity contribution in [2.24, 2.45) is 0 Å². The van der Waals surface area contributed by atoms with Crippen LogP contribution in [0, 0.1) is 0 Å². The fraction of sp³-hybridized carbons (Fsp3) is 0.500. The Bertz CT molecular complexity index is 578. The molecule has 1 unspecified atom stereocenters. The van der Waals surface area contributed by atoms with Crippen molar-refractivity contribution in [1.29, 1.82) is 0 Å². The predicted molar refractivity (Wildman–Crippen MR) is 78.4 cm³/mol. The zero-order valence-corrected chi connectivity index (χ0v) is 12.4. The molecule has 1 aromatic carbocycles. The highest BCUT2D eigenvalue weighted by atomic mass is 32.2. The van der Waals surface area contributed by atoms with Gasteiger partial charge in [-0.3, -0.25) is 4.79 Å². The molecule has 1 aliphatic heterocycles. The van der Waals surface area contributed by atoms with Gasteiger partial charge in [-0.1, -0.05) is 19.1 Å². The minimum absolute atomic E-state index is 0.0179.